The van der Waals surface area contributed by atoms with Gasteiger partial charge in [-0.2, -0.15) is 0 Å². The summed E-state index contributed by atoms with van der Waals surface area (Å²) >= 11 is 7.44. The van der Waals surface area contributed by atoms with E-state index in [0.29, 0.717) is 0 Å². The Kier molecular flexibility index (Phi) is 4.22. The van der Waals surface area contributed by atoms with Crippen LogP contribution in [0.4, 0.5) is 4.39 Å². The predicted octanol–water partition coefficient (Wildman–Crippen LogP) is 3.86. The van der Waals surface area contributed by atoms with Gasteiger partial charge in [-0.25, -0.2) is 4.39 Å². The first-order valence-electron chi connectivity index (χ1n) is 5.41. The number of hydrogen-bond acceptors (Lipinski definition) is 3. The number of halogens is 2. The first-order valence-corrected chi connectivity index (χ1v) is 6.61. The molecule has 1 aromatic heterocycles. The van der Waals surface area contributed by atoms with Gasteiger partial charge in [0.05, 0.1) is 17.5 Å². The molecule has 0 aliphatic heterocycles. The zero-order valence-electron chi connectivity index (χ0n) is 10.0. The maximum Gasteiger partial charge on any atom is 0.165 e. The summed E-state index contributed by atoms with van der Waals surface area (Å²) in [5.41, 5.74) is 0.939. The van der Waals surface area contributed by atoms with E-state index in [9.17, 15) is 4.39 Å². The summed E-state index contributed by atoms with van der Waals surface area (Å²) in [6.45, 7) is 0. The number of benzene rings is 1. The average molecular weight is 286 g/mol. The summed E-state index contributed by atoms with van der Waals surface area (Å²) in [4.78, 5) is 1.08. The lowest BCUT2D eigenvalue weighted by molar-refractivity contribution is 0.385. The van der Waals surface area contributed by atoms with E-state index in [-0.39, 0.29) is 17.6 Å². The van der Waals surface area contributed by atoms with Crippen molar-refractivity contribution >= 4 is 22.9 Å². The third-order valence-corrected chi connectivity index (χ3v) is 3.97. The van der Waals surface area contributed by atoms with Crippen molar-refractivity contribution < 1.29 is 9.13 Å². The van der Waals surface area contributed by atoms with Crippen LogP contribution in [0.3, 0.4) is 0 Å². The Bertz CT molecular complexity index is 544. The number of methoxy groups -OCH3 is 1. The van der Waals surface area contributed by atoms with Gasteiger partial charge < -0.3 is 10.1 Å². The number of ether oxygens (including phenoxy) is 1. The average Bonchev–Trinajstić information content (AvgIpc) is 2.79. The number of hydrogen-bond donors (Lipinski definition) is 1. The van der Waals surface area contributed by atoms with Gasteiger partial charge in [-0.3, -0.25) is 0 Å². The standard InChI is InChI=1S/C13H13ClFNOS/c1-16-13(11-5-6-12(14)18-11)8-3-4-9(15)10(7-8)17-2/h3-7,13,16H,1-2H3. The third kappa shape index (κ3) is 2.66. The van der Waals surface area contributed by atoms with Crippen LogP contribution in [-0.4, -0.2) is 14.2 Å². The quantitative estimate of drug-likeness (QED) is 0.921. The largest absolute Gasteiger partial charge is 0.494 e. The van der Waals surface area contributed by atoms with Crippen LogP contribution in [-0.2, 0) is 0 Å². The van der Waals surface area contributed by atoms with Crippen LogP contribution in [0.1, 0.15) is 16.5 Å². The van der Waals surface area contributed by atoms with Crippen molar-refractivity contribution in [3.8, 4) is 5.75 Å². The lowest BCUT2D eigenvalue weighted by atomic mass is 10.1. The predicted molar refractivity (Wildman–Crippen MR) is 73.2 cm³/mol. The summed E-state index contributed by atoms with van der Waals surface area (Å²) < 4.78 is 19.1. The molecule has 1 atom stereocenters. The molecule has 5 heteroatoms. The van der Waals surface area contributed by atoms with Crippen LogP contribution in [0.15, 0.2) is 30.3 Å². The zero-order valence-corrected chi connectivity index (χ0v) is 11.6. The van der Waals surface area contributed by atoms with Gasteiger partial charge in [0.1, 0.15) is 0 Å². The second-order valence-electron chi connectivity index (χ2n) is 3.76. The van der Waals surface area contributed by atoms with Crippen LogP contribution >= 0.6 is 22.9 Å². The van der Waals surface area contributed by atoms with Gasteiger partial charge >= 0.3 is 0 Å². The van der Waals surface area contributed by atoms with Crippen molar-refractivity contribution in [3.63, 3.8) is 0 Å². The van der Waals surface area contributed by atoms with E-state index in [1.54, 1.807) is 12.1 Å². The Labute approximate surface area is 114 Å². The Morgan fingerprint density at radius 2 is 2.11 bits per heavy atom. The first-order chi connectivity index (χ1) is 8.65. The van der Waals surface area contributed by atoms with Gasteiger partial charge in [-0.15, -0.1) is 11.3 Å². The Hall–Kier alpha value is -1.10. The molecule has 96 valence electrons. The molecule has 2 aromatic rings. The third-order valence-electron chi connectivity index (χ3n) is 2.68. The van der Waals surface area contributed by atoms with Gasteiger partial charge in [0, 0.05) is 4.88 Å². The topological polar surface area (TPSA) is 21.3 Å². The van der Waals surface area contributed by atoms with Gasteiger partial charge in [-0.05, 0) is 36.9 Å². The maximum atomic E-state index is 13.4. The van der Waals surface area contributed by atoms with Crippen molar-refractivity contribution in [2.75, 3.05) is 14.2 Å². The lowest BCUT2D eigenvalue weighted by Gasteiger charge is -2.16. The van der Waals surface area contributed by atoms with Crippen LogP contribution in [0, 0.1) is 5.82 Å². The molecule has 1 aromatic carbocycles. The summed E-state index contributed by atoms with van der Waals surface area (Å²) in [7, 11) is 3.31. The van der Waals surface area contributed by atoms with Crippen LogP contribution < -0.4 is 10.1 Å². The summed E-state index contributed by atoms with van der Waals surface area (Å²) in [5.74, 6) is -0.115. The molecule has 0 aliphatic carbocycles. The number of thiophene rings is 1. The summed E-state index contributed by atoms with van der Waals surface area (Å²) in [6.07, 6.45) is 0. The normalized spacial score (nSPS) is 12.4. The van der Waals surface area contributed by atoms with Crippen LogP contribution in [0.25, 0.3) is 0 Å². The summed E-state index contributed by atoms with van der Waals surface area (Å²) in [6, 6.07) is 8.65. The molecule has 0 saturated heterocycles. The van der Waals surface area contributed by atoms with E-state index < -0.39 is 0 Å². The van der Waals surface area contributed by atoms with Gasteiger partial charge in [0.15, 0.2) is 11.6 Å². The molecular weight excluding hydrogens is 273 g/mol. The second-order valence-corrected chi connectivity index (χ2v) is 5.50. The van der Waals surface area contributed by atoms with Crippen LogP contribution in [0.2, 0.25) is 4.34 Å². The zero-order chi connectivity index (χ0) is 13.1. The molecule has 1 N–H and O–H groups in total. The van der Waals surface area contributed by atoms with E-state index in [0.717, 1.165) is 14.8 Å². The van der Waals surface area contributed by atoms with Gasteiger partial charge in [0.2, 0.25) is 0 Å². The Morgan fingerprint density at radius 3 is 2.67 bits per heavy atom. The van der Waals surface area contributed by atoms with Gasteiger partial charge in [-0.1, -0.05) is 17.7 Å². The van der Waals surface area contributed by atoms with Crippen LogP contribution in [0.5, 0.6) is 5.75 Å². The fraction of sp³-hybridized carbons (Fsp3) is 0.231. The molecule has 1 heterocycles. The van der Waals surface area contributed by atoms with Crippen molar-refractivity contribution in [1.29, 1.82) is 0 Å². The van der Waals surface area contributed by atoms with E-state index in [1.165, 1.54) is 24.5 Å². The molecule has 0 bridgehead atoms. The van der Waals surface area contributed by atoms with Crippen molar-refractivity contribution in [2.24, 2.45) is 0 Å². The first kappa shape index (κ1) is 13.3. The lowest BCUT2D eigenvalue weighted by Crippen LogP contribution is -2.16. The Morgan fingerprint density at radius 1 is 1.33 bits per heavy atom. The smallest absolute Gasteiger partial charge is 0.165 e. The molecule has 0 amide bonds. The van der Waals surface area contributed by atoms with E-state index >= 15 is 0 Å². The molecule has 0 spiro atoms. The minimum absolute atomic E-state index is 0.0167. The van der Waals surface area contributed by atoms with Crippen molar-refractivity contribution in [1.82, 2.24) is 5.32 Å². The molecular formula is C13H13ClFNOS. The monoisotopic (exact) mass is 285 g/mol. The SMILES string of the molecule is CNC(c1ccc(F)c(OC)c1)c1ccc(Cl)s1. The highest BCUT2D eigenvalue weighted by Gasteiger charge is 2.16. The molecule has 2 rings (SSSR count). The molecule has 0 radical (unpaired) electrons. The van der Waals surface area contributed by atoms with E-state index in [2.05, 4.69) is 5.32 Å². The minimum Gasteiger partial charge on any atom is -0.494 e. The van der Waals surface area contributed by atoms with Gasteiger partial charge in [0.25, 0.3) is 0 Å². The van der Waals surface area contributed by atoms with Crippen molar-refractivity contribution in [2.45, 2.75) is 6.04 Å². The molecule has 0 aliphatic rings. The highest BCUT2D eigenvalue weighted by molar-refractivity contribution is 7.16. The Balaban J connectivity index is 2.38. The minimum atomic E-state index is -0.361. The molecule has 2 nitrogen and oxygen atoms in total. The molecule has 18 heavy (non-hydrogen) atoms. The van der Waals surface area contributed by atoms with E-state index in [1.807, 2.05) is 19.2 Å². The highest BCUT2D eigenvalue weighted by atomic mass is 35.5. The van der Waals surface area contributed by atoms with Crippen molar-refractivity contribution in [3.05, 3.63) is 50.9 Å². The number of nitrogens with one attached hydrogen (secondary N) is 1. The molecule has 0 saturated carbocycles. The fourth-order valence-electron chi connectivity index (χ4n) is 1.81. The number of rotatable bonds is 4. The maximum absolute atomic E-state index is 13.4. The fourth-order valence-corrected chi connectivity index (χ4v) is 3.01. The van der Waals surface area contributed by atoms with E-state index in [4.69, 9.17) is 16.3 Å². The second kappa shape index (κ2) is 5.69. The molecule has 1 unspecified atom stereocenters. The highest BCUT2D eigenvalue weighted by Crippen LogP contribution is 2.32. The summed E-state index contributed by atoms with van der Waals surface area (Å²) in [5, 5.41) is 3.19. The molecule has 0 fully saturated rings.